The molecule has 1 aromatic heterocycles. The summed E-state index contributed by atoms with van der Waals surface area (Å²) in [6, 6.07) is 0. The van der Waals surface area contributed by atoms with Crippen LogP contribution in [-0.4, -0.2) is 33.1 Å². The molecule has 2 heterocycles. The van der Waals surface area contributed by atoms with Crippen molar-refractivity contribution in [3.63, 3.8) is 0 Å². The lowest BCUT2D eigenvalue weighted by Crippen LogP contribution is -2.51. The summed E-state index contributed by atoms with van der Waals surface area (Å²) in [7, 11) is -3.78. The van der Waals surface area contributed by atoms with Gasteiger partial charge in [-0.05, 0) is 32.3 Å². The predicted octanol–water partition coefficient (Wildman–Crippen LogP) is 1.00. The second-order valence-electron chi connectivity index (χ2n) is 5.28. The Morgan fingerprint density at radius 2 is 2.25 bits per heavy atom. The number of ether oxygens (including phenoxy) is 1. The predicted molar refractivity (Wildman–Crippen MR) is 76.4 cm³/mol. The van der Waals surface area contributed by atoms with E-state index in [0.717, 1.165) is 24.2 Å². The molecule has 1 aliphatic rings. The fourth-order valence-electron chi connectivity index (χ4n) is 2.28. The van der Waals surface area contributed by atoms with Crippen molar-refractivity contribution in [2.45, 2.75) is 36.4 Å². The van der Waals surface area contributed by atoms with Gasteiger partial charge >= 0.3 is 0 Å². The Kier molecular flexibility index (Phi) is 4.19. The summed E-state index contributed by atoms with van der Waals surface area (Å²) in [5.41, 5.74) is 0.340. The second-order valence-corrected chi connectivity index (χ2v) is 7.91. The van der Waals surface area contributed by atoms with E-state index in [2.05, 4.69) is 5.32 Å². The van der Waals surface area contributed by atoms with Crippen molar-refractivity contribution in [1.82, 2.24) is 5.32 Å². The van der Waals surface area contributed by atoms with Crippen LogP contribution in [0.3, 0.4) is 0 Å². The molecule has 1 unspecified atom stereocenters. The minimum Gasteiger partial charge on any atom is -0.379 e. The number of rotatable bonds is 3. The molecule has 0 radical (unpaired) electrons. The number of amides is 1. The molecule has 0 spiro atoms. The Morgan fingerprint density at radius 1 is 1.55 bits per heavy atom. The first-order chi connectivity index (χ1) is 9.23. The molecule has 1 amide bonds. The quantitative estimate of drug-likeness (QED) is 0.868. The van der Waals surface area contributed by atoms with Gasteiger partial charge in [0.1, 0.15) is 4.21 Å². The zero-order valence-corrected chi connectivity index (χ0v) is 13.1. The number of carbonyl (C=O) groups is 1. The van der Waals surface area contributed by atoms with E-state index in [4.69, 9.17) is 9.88 Å². The molecule has 1 aliphatic heterocycles. The monoisotopic (exact) mass is 318 g/mol. The molecule has 0 saturated carbocycles. The third kappa shape index (κ3) is 3.20. The lowest BCUT2D eigenvalue weighted by Gasteiger charge is -2.34. The van der Waals surface area contributed by atoms with Crippen molar-refractivity contribution in [2.24, 2.45) is 5.14 Å². The van der Waals surface area contributed by atoms with Crippen LogP contribution in [0.1, 0.15) is 35.7 Å². The lowest BCUT2D eigenvalue weighted by atomic mass is 9.94. The SMILES string of the molecule is Cc1c(C(=O)NC2(C)CCCOC2)csc1S(N)(=O)=O. The Labute approximate surface area is 122 Å². The number of hydrogen-bond acceptors (Lipinski definition) is 5. The van der Waals surface area contributed by atoms with E-state index in [1.807, 2.05) is 6.92 Å². The summed E-state index contributed by atoms with van der Waals surface area (Å²) in [5.74, 6) is -0.290. The fraction of sp³-hybridized carbons (Fsp3) is 0.583. The number of nitrogens with one attached hydrogen (secondary N) is 1. The molecule has 8 heteroatoms. The van der Waals surface area contributed by atoms with E-state index < -0.39 is 15.6 Å². The van der Waals surface area contributed by atoms with E-state index >= 15 is 0 Å². The standard InChI is InChI=1S/C12H18N2O4S2/c1-8-9(6-19-11(8)20(13,16)17)10(15)14-12(2)4-3-5-18-7-12/h6H,3-5,7H2,1-2H3,(H,14,15)(H2,13,16,17). The Balaban J connectivity index is 2.20. The van der Waals surface area contributed by atoms with E-state index in [-0.39, 0.29) is 10.1 Å². The average Bonchev–Trinajstić information content (AvgIpc) is 2.71. The lowest BCUT2D eigenvalue weighted by molar-refractivity contribution is 0.0272. The van der Waals surface area contributed by atoms with Crippen LogP contribution in [0.15, 0.2) is 9.59 Å². The normalized spacial score (nSPS) is 23.6. The summed E-state index contributed by atoms with van der Waals surface area (Å²) < 4.78 is 28.2. The van der Waals surface area contributed by atoms with E-state index in [1.54, 1.807) is 6.92 Å². The Morgan fingerprint density at radius 3 is 2.75 bits per heavy atom. The molecule has 1 atom stereocenters. The number of primary sulfonamides is 1. The van der Waals surface area contributed by atoms with Crippen molar-refractivity contribution in [3.8, 4) is 0 Å². The molecular formula is C12H18N2O4S2. The molecule has 0 bridgehead atoms. The highest BCUT2D eigenvalue weighted by molar-refractivity contribution is 7.91. The highest BCUT2D eigenvalue weighted by Crippen LogP contribution is 2.26. The minimum atomic E-state index is -3.78. The van der Waals surface area contributed by atoms with Gasteiger partial charge in [-0.15, -0.1) is 11.3 Å². The highest BCUT2D eigenvalue weighted by Gasteiger charge is 2.31. The van der Waals surface area contributed by atoms with Crippen LogP contribution in [0.4, 0.5) is 0 Å². The van der Waals surface area contributed by atoms with Crippen LogP contribution in [0.2, 0.25) is 0 Å². The third-order valence-electron chi connectivity index (χ3n) is 3.35. The summed E-state index contributed by atoms with van der Waals surface area (Å²) in [5, 5.41) is 9.56. The van der Waals surface area contributed by atoms with Gasteiger partial charge in [-0.25, -0.2) is 13.6 Å². The minimum absolute atomic E-state index is 0.0349. The molecule has 112 valence electrons. The van der Waals surface area contributed by atoms with Crippen LogP contribution in [0.5, 0.6) is 0 Å². The van der Waals surface area contributed by atoms with Crippen LogP contribution >= 0.6 is 11.3 Å². The van der Waals surface area contributed by atoms with E-state index in [9.17, 15) is 13.2 Å². The van der Waals surface area contributed by atoms with E-state index in [0.29, 0.717) is 24.3 Å². The van der Waals surface area contributed by atoms with Crippen LogP contribution in [-0.2, 0) is 14.8 Å². The fourth-order valence-corrected chi connectivity index (χ4v) is 4.29. The first kappa shape index (κ1) is 15.4. The van der Waals surface area contributed by atoms with Gasteiger partial charge in [0.15, 0.2) is 0 Å². The van der Waals surface area contributed by atoms with Crippen molar-refractivity contribution >= 4 is 27.3 Å². The molecular weight excluding hydrogens is 300 g/mol. The number of thiophene rings is 1. The maximum absolute atomic E-state index is 12.3. The average molecular weight is 318 g/mol. The zero-order valence-electron chi connectivity index (χ0n) is 11.4. The summed E-state index contributed by atoms with van der Waals surface area (Å²) in [6.45, 7) is 4.68. The maximum Gasteiger partial charge on any atom is 0.252 e. The third-order valence-corrected chi connectivity index (χ3v) is 6.03. The van der Waals surface area contributed by atoms with Gasteiger partial charge in [0.2, 0.25) is 10.0 Å². The van der Waals surface area contributed by atoms with Gasteiger partial charge in [0, 0.05) is 12.0 Å². The smallest absolute Gasteiger partial charge is 0.252 e. The van der Waals surface area contributed by atoms with Crippen molar-refractivity contribution in [2.75, 3.05) is 13.2 Å². The van der Waals surface area contributed by atoms with Crippen molar-refractivity contribution < 1.29 is 17.9 Å². The summed E-state index contributed by atoms with van der Waals surface area (Å²) >= 11 is 0.967. The number of carbonyl (C=O) groups excluding carboxylic acids is 1. The second kappa shape index (κ2) is 5.44. The summed E-state index contributed by atoms with van der Waals surface area (Å²) in [4.78, 5) is 12.3. The molecule has 1 fully saturated rings. The van der Waals surface area contributed by atoms with Crippen molar-refractivity contribution in [1.29, 1.82) is 0 Å². The Bertz CT molecular complexity index is 615. The zero-order chi connectivity index (χ0) is 15.0. The number of hydrogen-bond donors (Lipinski definition) is 2. The summed E-state index contributed by atoms with van der Waals surface area (Å²) in [6.07, 6.45) is 1.73. The molecule has 6 nitrogen and oxygen atoms in total. The van der Waals surface area contributed by atoms with Crippen molar-refractivity contribution in [3.05, 3.63) is 16.5 Å². The first-order valence-corrected chi connectivity index (χ1v) is 8.67. The van der Waals surface area contributed by atoms with E-state index in [1.165, 1.54) is 5.38 Å². The maximum atomic E-state index is 12.3. The largest absolute Gasteiger partial charge is 0.379 e. The Hall–Kier alpha value is -0.960. The topological polar surface area (TPSA) is 98.5 Å². The number of nitrogens with two attached hydrogens (primary N) is 1. The molecule has 1 aromatic rings. The molecule has 2 rings (SSSR count). The molecule has 20 heavy (non-hydrogen) atoms. The van der Waals surface area contributed by atoms with Crippen LogP contribution < -0.4 is 10.5 Å². The van der Waals surface area contributed by atoms with Gasteiger partial charge in [0.05, 0.1) is 17.7 Å². The van der Waals surface area contributed by atoms with Gasteiger partial charge < -0.3 is 10.1 Å². The molecule has 0 aliphatic carbocycles. The number of sulfonamides is 1. The molecule has 0 aromatic carbocycles. The molecule has 1 saturated heterocycles. The van der Waals surface area contributed by atoms with Crippen LogP contribution in [0, 0.1) is 6.92 Å². The van der Waals surface area contributed by atoms with Gasteiger partial charge in [-0.2, -0.15) is 0 Å². The van der Waals surface area contributed by atoms with Gasteiger partial charge in [0.25, 0.3) is 5.91 Å². The first-order valence-electron chi connectivity index (χ1n) is 6.24. The van der Waals surface area contributed by atoms with Gasteiger partial charge in [-0.1, -0.05) is 0 Å². The van der Waals surface area contributed by atoms with Gasteiger partial charge in [-0.3, -0.25) is 4.79 Å². The van der Waals surface area contributed by atoms with Crippen LogP contribution in [0.25, 0.3) is 0 Å². The molecule has 3 N–H and O–H groups in total. The highest BCUT2D eigenvalue weighted by atomic mass is 32.2.